The zero-order chi connectivity index (χ0) is 17.5. The van der Waals surface area contributed by atoms with E-state index in [1.807, 2.05) is 18.2 Å². The van der Waals surface area contributed by atoms with Crippen LogP contribution >= 0.6 is 11.3 Å². The molecule has 1 aromatic heterocycles. The lowest BCUT2D eigenvalue weighted by atomic mass is 10.2. The third kappa shape index (κ3) is 4.68. The maximum absolute atomic E-state index is 12.1. The molecule has 2 N–H and O–H groups in total. The number of hydrogen-bond donors (Lipinski definition) is 2. The molecule has 0 unspecified atom stereocenters. The highest BCUT2D eigenvalue weighted by atomic mass is 32.1. The van der Waals surface area contributed by atoms with Gasteiger partial charge in [-0.25, -0.2) is 4.98 Å². The highest BCUT2D eigenvalue weighted by Crippen LogP contribution is 2.35. The zero-order valence-corrected chi connectivity index (χ0v) is 14.9. The molecule has 25 heavy (non-hydrogen) atoms. The number of nitrogens with zero attached hydrogens (tertiary/aromatic N) is 1. The van der Waals surface area contributed by atoms with Crippen molar-refractivity contribution in [2.45, 2.75) is 0 Å². The molecular formula is C17H21N3O4S. The number of rotatable bonds is 8. The molecule has 2 aromatic rings. The minimum atomic E-state index is -0.173. The average Bonchev–Trinajstić information content (AvgIpc) is 3.14. The number of ether oxygens (including phenoxy) is 3. The SMILES string of the molecule is COCCNCCNC(=O)c1csc(-c2ccc3c(c2)OCCO3)n1. The third-order valence-corrected chi connectivity index (χ3v) is 4.49. The smallest absolute Gasteiger partial charge is 0.270 e. The Morgan fingerprint density at radius 2 is 2.08 bits per heavy atom. The number of nitrogens with one attached hydrogen (secondary N) is 2. The lowest BCUT2D eigenvalue weighted by Gasteiger charge is -2.18. The van der Waals surface area contributed by atoms with Gasteiger partial charge in [0.05, 0.1) is 6.61 Å². The third-order valence-electron chi connectivity index (χ3n) is 3.60. The Bertz CT molecular complexity index is 720. The van der Waals surface area contributed by atoms with E-state index < -0.39 is 0 Å². The van der Waals surface area contributed by atoms with Gasteiger partial charge in [-0.1, -0.05) is 0 Å². The molecule has 134 valence electrons. The van der Waals surface area contributed by atoms with Crippen LogP contribution in [0.2, 0.25) is 0 Å². The number of hydrogen-bond acceptors (Lipinski definition) is 7. The van der Waals surface area contributed by atoms with Crippen molar-refractivity contribution in [2.75, 3.05) is 46.6 Å². The molecule has 2 heterocycles. The molecule has 1 aliphatic rings. The molecule has 0 saturated heterocycles. The summed E-state index contributed by atoms with van der Waals surface area (Å²) < 4.78 is 16.1. The van der Waals surface area contributed by atoms with E-state index in [9.17, 15) is 4.79 Å². The second-order valence-electron chi connectivity index (χ2n) is 5.40. The van der Waals surface area contributed by atoms with Gasteiger partial charge in [0.1, 0.15) is 23.9 Å². The van der Waals surface area contributed by atoms with Gasteiger partial charge in [-0.15, -0.1) is 11.3 Å². The number of aromatic nitrogens is 1. The molecule has 0 bridgehead atoms. The Morgan fingerprint density at radius 1 is 1.24 bits per heavy atom. The van der Waals surface area contributed by atoms with Crippen LogP contribution in [0.25, 0.3) is 10.6 Å². The minimum absolute atomic E-state index is 0.173. The van der Waals surface area contributed by atoms with E-state index in [4.69, 9.17) is 14.2 Å². The molecule has 0 aliphatic carbocycles. The van der Waals surface area contributed by atoms with Gasteiger partial charge in [-0.05, 0) is 18.2 Å². The summed E-state index contributed by atoms with van der Waals surface area (Å²) in [7, 11) is 1.66. The van der Waals surface area contributed by atoms with Gasteiger partial charge in [-0.3, -0.25) is 4.79 Å². The highest BCUT2D eigenvalue weighted by molar-refractivity contribution is 7.13. The van der Waals surface area contributed by atoms with E-state index in [0.29, 0.717) is 44.4 Å². The Morgan fingerprint density at radius 3 is 2.92 bits per heavy atom. The van der Waals surface area contributed by atoms with Gasteiger partial charge >= 0.3 is 0 Å². The number of carbonyl (C=O) groups excluding carboxylic acids is 1. The molecule has 1 aliphatic heterocycles. The summed E-state index contributed by atoms with van der Waals surface area (Å²) in [6.45, 7) is 3.75. The minimum Gasteiger partial charge on any atom is -0.486 e. The second kappa shape index (κ2) is 8.80. The number of fused-ring (bicyclic) bond motifs is 1. The van der Waals surface area contributed by atoms with Crippen molar-refractivity contribution < 1.29 is 19.0 Å². The first-order chi connectivity index (χ1) is 12.3. The van der Waals surface area contributed by atoms with E-state index in [1.165, 1.54) is 11.3 Å². The lowest BCUT2D eigenvalue weighted by Crippen LogP contribution is -2.33. The number of carbonyl (C=O) groups is 1. The molecule has 0 spiro atoms. The van der Waals surface area contributed by atoms with E-state index in [0.717, 1.165) is 22.9 Å². The molecule has 3 rings (SSSR count). The number of methoxy groups -OCH3 is 1. The zero-order valence-electron chi connectivity index (χ0n) is 14.0. The molecule has 0 saturated carbocycles. The highest BCUT2D eigenvalue weighted by Gasteiger charge is 2.15. The van der Waals surface area contributed by atoms with E-state index >= 15 is 0 Å². The lowest BCUT2D eigenvalue weighted by molar-refractivity contribution is 0.0949. The molecule has 1 aromatic carbocycles. The van der Waals surface area contributed by atoms with Crippen molar-refractivity contribution in [1.29, 1.82) is 0 Å². The fraction of sp³-hybridized carbons (Fsp3) is 0.412. The molecule has 7 nitrogen and oxygen atoms in total. The van der Waals surface area contributed by atoms with Crippen LogP contribution in [0.5, 0.6) is 11.5 Å². The summed E-state index contributed by atoms with van der Waals surface area (Å²) in [5, 5.41) is 8.56. The van der Waals surface area contributed by atoms with Crippen LogP contribution in [0, 0.1) is 0 Å². The number of benzene rings is 1. The summed E-state index contributed by atoms with van der Waals surface area (Å²) in [4.78, 5) is 16.6. The topological polar surface area (TPSA) is 81.7 Å². The van der Waals surface area contributed by atoms with Gasteiger partial charge in [0.15, 0.2) is 11.5 Å². The van der Waals surface area contributed by atoms with Crippen molar-refractivity contribution >= 4 is 17.2 Å². The molecule has 0 atom stereocenters. The summed E-state index contributed by atoms with van der Waals surface area (Å²) in [6.07, 6.45) is 0. The van der Waals surface area contributed by atoms with E-state index in [1.54, 1.807) is 12.5 Å². The van der Waals surface area contributed by atoms with Crippen LogP contribution in [0.3, 0.4) is 0 Å². The fourth-order valence-corrected chi connectivity index (χ4v) is 3.14. The summed E-state index contributed by atoms with van der Waals surface area (Å²) in [5.74, 6) is 1.28. The van der Waals surface area contributed by atoms with Gasteiger partial charge in [0.25, 0.3) is 5.91 Å². The van der Waals surface area contributed by atoms with Crippen molar-refractivity contribution in [1.82, 2.24) is 15.6 Å². The predicted molar refractivity (Wildman–Crippen MR) is 95.6 cm³/mol. The Kier molecular flexibility index (Phi) is 6.21. The van der Waals surface area contributed by atoms with Crippen molar-refractivity contribution in [3.63, 3.8) is 0 Å². The molecule has 0 radical (unpaired) electrons. The Balaban J connectivity index is 1.56. The van der Waals surface area contributed by atoms with Crippen LogP contribution < -0.4 is 20.1 Å². The Labute approximate surface area is 150 Å². The van der Waals surface area contributed by atoms with Gasteiger partial charge < -0.3 is 24.8 Å². The molecule has 8 heteroatoms. The quantitative estimate of drug-likeness (QED) is 0.693. The van der Waals surface area contributed by atoms with E-state index in [-0.39, 0.29) is 5.91 Å². The maximum Gasteiger partial charge on any atom is 0.270 e. The first-order valence-corrected chi connectivity index (χ1v) is 8.99. The number of amides is 1. The van der Waals surface area contributed by atoms with Gasteiger partial charge in [0.2, 0.25) is 0 Å². The fourth-order valence-electron chi connectivity index (χ4n) is 2.34. The van der Waals surface area contributed by atoms with Crippen molar-refractivity contribution in [2.24, 2.45) is 0 Å². The van der Waals surface area contributed by atoms with Crippen LogP contribution in [-0.2, 0) is 4.74 Å². The van der Waals surface area contributed by atoms with Crippen LogP contribution in [0.1, 0.15) is 10.5 Å². The van der Waals surface area contributed by atoms with Crippen molar-refractivity contribution in [3.05, 3.63) is 29.3 Å². The van der Waals surface area contributed by atoms with Crippen LogP contribution in [0.15, 0.2) is 23.6 Å². The average molecular weight is 363 g/mol. The van der Waals surface area contributed by atoms with E-state index in [2.05, 4.69) is 15.6 Å². The first kappa shape index (κ1) is 17.7. The van der Waals surface area contributed by atoms with Gasteiger partial charge in [-0.2, -0.15) is 0 Å². The predicted octanol–water partition coefficient (Wildman–Crippen LogP) is 1.55. The summed E-state index contributed by atoms with van der Waals surface area (Å²) >= 11 is 1.43. The maximum atomic E-state index is 12.1. The van der Waals surface area contributed by atoms with Crippen LogP contribution in [-0.4, -0.2) is 57.5 Å². The molecular weight excluding hydrogens is 342 g/mol. The normalized spacial score (nSPS) is 12.8. The molecule has 0 fully saturated rings. The largest absolute Gasteiger partial charge is 0.486 e. The monoisotopic (exact) mass is 363 g/mol. The standard InChI is InChI=1S/C17H21N3O4S/c1-22-7-6-18-4-5-19-16(21)13-11-25-17(20-13)12-2-3-14-15(10-12)24-9-8-23-14/h2-3,10-11,18H,4-9H2,1H3,(H,19,21). The summed E-state index contributed by atoms with van der Waals surface area (Å²) in [6, 6.07) is 5.69. The first-order valence-electron chi connectivity index (χ1n) is 8.11. The second-order valence-corrected chi connectivity index (χ2v) is 6.25. The van der Waals surface area contributed by atoms with Gasteiger partial charge in [0, 0.05) is 37.7 Å². The number of thiazole rings is 1. The van der Waals surface area contributed by atoms with Crippen molar-refractivity contribution in [3.8, 4) is 22.1 Å². The summed E-state index contributed by atoms with van der Waals surface area (Å²) in [5.41, 5.74) is 1.33. The Hall–Kier alpha value is -2.16. The van der Waals surface area contributed by atoms with Crippen LogP contribution in [0.4, 0.5) is 0 Å². The molecule has 1 amide bonds.